The Morgan fingerprint density at radius 2 is 1.93 bits per heavy atom. The molecule has 1 N–H and O–H groups in total. The number of carbonyl (C=O) groups excluding carboxylic acids is 2. The van der Waals surface area contributed by atoms with Crippen LogP contribution in [0.1, 0.15) is 33.7 Å². The molecule has 3 aromatic rings. The van der Waals surface area contributed by atoms with Crippen LogP contribution in [0.15, 0.2) is 75.0 Å². The van der Waals surface area contributed by atoms with Gasteiger partial charge in [-0.25, -0.2) is 4.39 Å². The summed E-state index contributed by atoms with van der Waals surface area (Å²) in [5.41, 5.74) is 0.527. The summed E-state index contributed by atoms with van der Waals surface area (Å²) in [6.07, 6.45) is 1.34. The van der Waals surface area contributed by atoms with Gasteiger partial charge in [0.1, 0.15) is 23.4 Å². The van der Waals surface area contributed by atoms with E-state index in [2.05, 4.69) is 0 Å². The number of aliphatic hydroxyl groups is 1. The monoisotopic (exact) mass is 381 g/mol. The summed E-state index contributed by atoms with van der Waals surface area (Å²) < 4.78 is 24.0. The number of Topliss-reactive ketones (excluding diaryl/α,β-unsaturated/α-hetero) is 1. The summed E-state index contributed by atoms with van der Waals surface area (Å²) in [6.45, 7) is 1.80. The third-order valence-corrected chi connectivity index (χ3v) is 4.59. The van der Waals surface area contributed by atoms with E-state index >= 15 is 0 Å². The van der Waals surface area contributed by atoms with E-state index in [1.165, 1.54) is 41.5 Å². The molecule has 0 fully saturated rings. The number of benzene rings is 1. The molecule has 1 aromatic carbocycles. The van der Waals surface area contributed by atoms with Crippen molar-refractivity contribution in [2.45, 2.75) is 19.5 Å². The van der Waals surface area contributed by atoms with Crippen LogP contribution >= 0.6 is 0 Å². The smallest absolute Gasteiger partial charge is 0.290 e. The molecule has 4 rings (SSSR count). The van der Waals surface area contributed by atoms with Crippen LogP contribution in [0.3, 0.4) is 0 Å². The number of amides is 1. The first-order valence-electron chi connectivity index (χ1n) is 8.59. The molecule has 0 spiro atoms. The van der Waals surface area contributed by atoms with Gasteiger partial charge >= 0.3 is 0 Å². The van der Waals surface area contributed by atoms with E-state index in [0.717, 1.165) is 0 Å². The molecule has 3 heterocycles. The molecule has 1 aliphatic rings. The molecular weight excluding hydrogens is 365 g/mol. The van der Waals surface area contributed by atoms with Crippen LogP contribution in [-0.4, -0.2) is 21.7 Å². The van der Waals surface area contributed by atoms with Gasteiger partial charge in [-0.3, -0.25) is 9.59 Å². The van der Waals surface area contributed by atoms with E-state index in [9.17, 15) is 19.1 Å². The lowest BCUT2D eigenvalue weighted by Crippen LogP contribution is -2.30. The molecule has 1 amide bonds. The molecule has 6 nitrogen and oxygen atoms in total. The number of aliphatic hydroxyl groups excluding tert-OH is 1. The zero-order valence-electron chi connectivity index (χ0n) is 14.9. The minimum absolute atomic E-state index is 0.00580. The van der Waals surface area contributed by atoms with Crippen molar-refractivity contribution in [1.29, 1.82) is 0 Å². The van der Waals surface area contributed by atoms with Crippen molar-refractivity contribution in [3.8, 4) is 0 Å². The Balaban J connectivity index is 1.77. The molecule has 28 heavy (non-hydrogen) atoms. The second-order valence-electron chi connectivity index (χ2n) is 6.48. The average molecular weight is 381 g/mol. The van der Waals surface area contributed by atoms with Crippen LogP contribution in [0.4, 0.5) is 4.39 Å². The third-order valence-electron chi connectivity index (χ3n) is 4.59. The first-order valence-corrected chi connectivity index (χ1v) is 8.59. The number of aryl methyl sites for hydroxylation is 1. The van der Waals surface area contributed by atoms with Crippen LogP contribution in [0, 0.1) is 12.7 Å². The second kappa shape index (κ2) is 6.84. The maximum absolute atomic E-state index is 13.2. The predicted octanol–water partition coefficient (Wildman–Crippen LogP) is 4.10. The fraction of sp³-hybridized carbons (Fsp3) is 0.143. The number of furan rings is 2. The highest BCUT2D eigenvalue weighted by Gasteiger charge is 2.45. The zero-order valence-corrected chi connectivity index (χ0v) is 14.9. The molecule has 0 aliphatic carbocycles. The minimum atomic E-state index is -0.927. The van der Waals surface area contributed by atoms with Crippen molar-refractivity contribution in [2.24, 2.45) is 0 Å². The largest absolute Gasteiger partial charge is 0.503 e. The van der Waals surface area contributed by atoms with Crippen LogP contribution in [0.5, 0.6) is 0 Å². The standard InChI is InChI=1S/C21H16FNO5/c1-12-4-9-15(28-12)18-17(19(24)16-3-2-10-27-16)20(25)21(26)23(18)11-13-5-7-14(22)8-6-13/h2-10,18,25H,11H2,1H3. The van der Waals surface area contributed by atoms with Crippen LogP contribution in [0.25, 0.3) is 0 Å². The summed E-state index contributed by atoms with van der Waals surface area (Å²) in [4.78, 5) is 27.0. The number of halogens is 1. The van der Waals surface area contributed by atoms with Gasteiger partial charge in [0.2, 0.25) is 5.78 Å². The van der Waals surface area contributed by atoms with Crippen molar-refractivity contribution in [3.05, 3.63) is 94.8 Å². The van der Waals surface area contributed by atoms with E-state index in [1.807, 2.05) is 0 Å². The topological polar surface area (TPSA) is 83.9 Å². The van der Waals surface area contributed by atoms with Crippen molar-refractivity contribution >= 4 is 11.7 Å². The average Bonchev–Trinajstić information content (AvgIpc) is 3.40. The molecule has 1 atom stereocenters. The molecule has 1 aliphatic heterocycles. The zero-order chi connectivity index (χ0) is 19.8. The van der Waals surface area contributed by atoms with Gasteiger partial charge in [-0.15, -0.1) is 0 Å². The highest BCUT2D eigenvalue weighted by molar-refractivity contribution is 6.14. The summed E-state index contributed by atoms with van der Waals surface area (Å²) in [5.74, 6) is -1.42. The molecule has 142 valence electrons. The SMILES string of the molecule is Cc1ccc(C2C(C(=O)c3ccco3)=C(O)C(=O)N2Cc2ccc(F)cc2)o1. The number of hydrogen-bond donors (Lipinski definition) is 1. The Morgan fingerprint density at radius 3 is 2.54 bits per heavy atom. The molecule has 7 heteroatoms. The van der Waals surface area contributed by atoms with Gasteiger partial charge in [0.05, 0.1) is 11.8 Å². The van der Waals surface area contributed by atoms with Gasteiger partial charge < -0.3 is 18.8 Å². The number of ketones is 1. The Hall–Kier alpha value is -3.61. The summed E-state index contributed by atoms with van der Waals surface area (Å²) >= 11 is 0. The first-order chi connectivity index (χ1) is 13.5. The molecule has 0 bridgehead atoms. The number of rotatable bonds is 5. The maximum Gasteiger partial charge on any atom is 0.290 e. The quantitative estimate of drug-likeness (QED) is 0.673. The lowest BCUT2D eigenvalue weighted by atomic mass is 9.99. The van der Waals surface area contributed by atoms with E-state index in [-0.39, 0.29) is 17.9 Å². The van der Waals surface area contributed by atoms with Crippen molar-refractivity contribution in [3.63, 3.8) is 0 Å². The van der Waals surface area contributed by atoms with Gasteiger partial charge in [-0.05, 0) is 48.9 Å². The second-order valence-corrected chi connectivity index (χ2v) is 6.48. The van der Waals surface area contributed by atoms with Gasteiger partial charge in [0.15, 0.2) is 11.5 Å². The maximum atomic E-state index is 13.2. The first kappa shape index (κ1) is 17.8. The summed E-state index contributed by atoms with van der Waals surface area (Å²) in [7, 11) is 0. The molecule has 0 saturated carbocycles. The van der Waals surface area contributed by atoms with Crippen LogP contribution in [-0.2, 0) is 11.3 Å². The number of hydrogen-bond acceptors (Lipinski definition) is 5. The van der Waals surface area contributed by atoms with Crippen molar-refractivity contribution in [1.82, 2.24) is 4.90 Å². The predicted molar refractivity (Wildman–Crippen MR) is 95.8 cm³/mol. The third kappa shape index (κ3) is 3.00. The Kier molecular flexibility index (Phi) is 4.35. The molecule has 2 aromatic heterocycles. The van der Waals surface area contributed by atoms with Gasteiger partial charge in [0, 0.05) is 6.54 Å². The van der Waals surface area contributed by atoms with Gasteiger partial charge in [-0.2, -0.15) is 0 Å². The highest BCUT2D eigenvalue weighted by atomic mass is 19.1. The lowest BCUT2D eigenvalue weighted by Gasteiger charge is -2.24. The number of carbonyl (C=O) groups is 2. The summed E-state index contributed by atoms with van der Waals surface area (Å²) in [6, 6.07) is 11.1. The number of nitrogens with zero attached hydrogens (tertiary/aromatic N) is 1. The minimum Gasteiger partial charge on any atom is -0.503 e. The van der Waals surface area contributed by atoms with Crippen molar-refractivity contribution in [2.75, 3.05) is 0 Å². The van der Waals surface area contributed by atoms with Crippen LogP contribution in [0.2, 0.25) is 0 Å². The van der Waals surface area contributed by atoms with E-state index < -0.39 is 29.3 Å². The Morgan fingerprint density at radius 1 is 1.18 bits per heavy atom. The van der Waals surface area contributed by atoms with Crippen molar-refractivity contribution < 1.29 is 27.9 Å². The Labute approximate surface area is 159 Å². The fourth-order valence-corrected chi connectivity index (χ4v) is 3.27. The highest BCUT2D eigenvalue weighted by Crippen LogP contribution is 2.40. The molecule has 0 saturated heterocycles. The van der Waals surface area contributed by atoms with Gasteiger partial charge in [0.25, 0.3) is 5.91 Å². The summed E-state index contributed by atoms with van der Waals surface area (Å²) in [5, 5.41) is 10.5. The molecular formula is C21H16FNO5. The molecule has 1 unspecified atom stereocenters. The Bertz CT molecular complexity index is 1060. The van der Waals surface area contributed by atoms with E-state index in [0.29, 0.717) is 17.1 Å². The normalized spacial score (nSPS) is 16.9. The molecule has 0 radical (unpaired) electrons. The van der Waals surface area contributed by atoms with Gasteiger partial charge in [-0.1, -0.05) is 12.1 Å². The fourth-order valence-electron chi connectivity index (χ4n) is 3.27. The van der Waals surface area contributed by atoms with E-state index in [1.54, 1.807) is 25.1 Å². The van der Waals surface area contributed by atoms with Crippen LogP contribution < -0.4 is 0 Å². The lowest BCUT2D eigenvalue weighted by molar-refractivity contribution is -0.130. The van der Waals surface area contributed by atoms with E-state index in [4.69, 9.17) is 8.83 Å².